The molecule has 3 atom stereocenters. The van der Waals surface area contributed by atoms with E-state index < -0.39 is 61.1 Å². The molecule has 1 fully saturated rings. The number of carbonyl (C=O) groups is 3. The van der Waals surface area contributed by atoms with E-state index in [1.54, 1.807) is 23.6 Å². The molecule has 3 aromatic rings. The Kier molecular flexibility index (Phi) is 8.51. The highest BCUT2D eigenvalue weighted by Crippen LogP contribution is 2.50. The van der Waals surface area contributed by atoms with Crippen LogP contribution in [0.2, 0.25) is 0 Å². The number of likely N-dealkylation sites (tertiary alicyclic amines) is 1. The number of amidine groups is 1. The number of ether oxygens (including phenoxy) is 1. The Morgan fingerprint density at radius 3 is 2.55 bits per heavy atom. The van der Waals surface area contributed by atoms with Gasteiger partial charge in [0.05, 0.1) is 32.3 Å². The summed E-state index contributed by atoms with van der Waals surface area (Å²) in [4.78, 5) is 41.1. The van der Waals surface area contributed by atoms with Crippen LogP contribution in [0.3, 0.4) is 0 Å². The minimum atomic E-state index is -3.21. The van der Waals surface area contributed by atoms with Crippen molar-refractivity contribution in [3.8, 4) is 11.1 Å². The second kappa shape index (κ2) is 12.0. The molecule has 10 nitrogen and oxygen atoms in total. The summed E-state index contributed by atoms with van der Waals surface area (Å²) < 4.78 is 50.4. The van der Waals surface area contributed by atoms with E-state index in [-0.39, 0.29) is 41.1 Å². The zero-order chi connectivity index (χ0) is 31.8. The van der Waals surface area contributed by atoms with Gasteiger partial charge in [0.25, 0.3) is 11.8 Å². The molecule has 0 unspecified atom stereocenters. The van der Waals surface area contributed by atoms with E-state index in [0.29, 0.717) is 16.0 Å². The summed E-state index contributed by atoms with van der Waals surface area (Å²) in [6.45, 7) is -1.96. The minimum absolute atomic E-state index is 0.0469. The van der Waals surface area contributed by atoms with Gasteiger partial charge in [-0.2, -0.15) is 8.78 Å². The SMILES string of the molecule is COC[C@@]1(F)C[C@@H](C(=O)N[C@H](CO)c2cc(C(=N)N)cs2)N(C(=O)CNC(=O)c2ccc3c(c2)-c2ccccc2C3(F)F)C1. The van der Waals surface area contributed by atoms with Crippen LogP contribution in [0, 0.1) is 5.41 Å². The van der Waals surface area contributed by atoms with Crippen LogP contribution in [-0.4, -0.2) is 78.7 Å². The van der Waals surface area contributed by atoms with Crippen molar-refractivity contribution >= 4 is 34.9 Å². The van der Waals surface area contributed by atoms with Crippen molar-refractivity contribution in [2.45, 2.75) is 30.1 Å². The lowest BCUT2D eigenvalue weighted by atomic mass is 10.0. The Morgan fingerprint density at radius 1 is 1.14 bits per heavy atom. The van der Waals surface area contributed by atoms with Gasteiger partial charge < -0.3 is 31.1 Å². The van der Waals surface area contributed by atoms with E-state index in [0.717, 1.165) is 16.2 Å². The highest BCUT2D eigenvalue weighted by Gasteiger charge is 2.50. The number of benzene rings is 2. The fourth-order valence-electron chi connectivity index (χ4n) is 5.63. The second-order valence-electron chi connectivity index (χ2n) is 10.8. The number of hydrogen-bond acceptors (Lipinski definition) is 7. The molecule has 0 spiro atoms. The minimum Gasteiger partial charge on any atom is -0.394 e. The average molecular weight is 630 g/mol. The van der Waals surface area contributed by atoms with Gasteiger partial charge in [-0.25, -0.2) is 4.39 Å². The van der Waals surface area contributed by atoms with Crippen molar-refractivity contribution in [2.24, 2.45) is 5.73 Å². The van der Waals surface area contributed by atoms with Gasteiger partial charge in [0.1, 0.15) is 11.9 Å². The molecule has 1 aliphatic carbocycles. The van der Waals surface area contributed by atoms with E-state index >= 15 is 4.39 Å². The number of nitrogens with zero attached hydrogens (tertiary/aromatic N) is 1. The van der Waals surface area contributed by atoms with Gasteiger partial charge >= 0.3 is 0 Å². The monoisotopic (exact) mass is 629 g/mol. The first-order valence-electron chi connectivity index (χ1n) is 13.6. The van der Waals surface area contributed by atoms with E-state index in [1.807, 2.05) is 0 Å². The number of rotatable bonds is 10. The number of nitrogen functional groups attached to an aromatic ring is 1. The van der Waals surface area contributed by atoms with Crippen LogP contribution in [-0.2, 0) is 20.2 Å². The highest BCUT2D eigenvalue weighted by atomic mass is 32.1. The fourth-order valence-corrected chi connectivity index (χ4v) is 6.58. The Labute approximate surface area is 254 Å². The molecule has 5 rings (SSSR count). The van der Waals surface area contributed by atoms with Crippen LogP contribution in [0.1, 0.15) is 44.4 Å². The molecule has 0 bridgehead atoms. The summed E-state index contributed by atoms with van der Waals surface area (Å²) in [5.41, 5.74) is 4.05. The van der Waals surface area contributed by atoms with Crippen molar-refractivity contribution in [1.29, 1.82) is 5.41 Å². The van der Waals surface area contributed by atoms with Crippen molar-refractivity contribution in [2.75, 3.05) is 33.4 Å². The van der Waals surface area contributed by atoms with Crippen LogP contribution in [0.25, 0.3) is 11.1 Å². The number of thiophene rings is 1. The van der Waals surface area contributed by atoms with Gasteiger partial charge in [0.2, 0.25) is 11.8 Å². The van der Waals surface area contributed by atoms with E-state index in [2.05, 4.69) is 10.6 Å². The summed E-state index contributed by atoms with van der Waals surface area (Å²) in [5, 5.41) is 24.2. The molecule has 44 heavy (non-hydrogen) atoms. The lowest BCUT2D eigenvalue weighted by Crippen LogP contribution is -2.50. The molecule has 14 heteroatoms. The van der Waals surface area contributed by atoms with Crippen LogP contribution in [0.5, 0.6) is 0 Å². The van der Waals surface area contributed by atoms with Gasteiger partial charge in [-0.05, 0) is 29.3 Å². The summed E-state index contributed by atoms with van der Waals surface area (Å²) >= 11 is 1.16. The molecule has 2 aliphatic rings. The Morgan fingerprint density at radius 2 is 1.86 bits per heavy atom. The predicted molar refractivity (Wildman–Crippen MR) is 156 cm³/mol. The average Bonchev–Trinajstić information content (AvgIpc) is 3.69. The van der Waals surface area contributed by atoms with Gasteiger partial charge in [-0.15, -0.1) is 11.3 Å². The van der Waals surface area contributed by atoms with Crippen LogP contribution in [0.4, 0.5) is 13.2 Å². The van der Waals surface area contributed by atoms with E-state index in [9.17, 15) is 28.3 Å². The van der Waals surface area contributed by atoms with Crippen molar-refractivity contribution in [1.82, 2.24) is 15.5 Å². The predicted octanol–water partition coefficient (Wildman–Crippen LogP) is 2.69. The molecule has 3 amide bonds. The van der Waals surface area contributed by atoms with Crippen molar-refractivity contribution < 1.29 is 37.4 Å². The molecule has 2 heterocycles. The maximum atomic E-state index is 15.6. The van der Waals surface area contributed by atoms with Gasteiger partial charge in [-0.1, -0.05) is 30.3 Å². The number of halogens is 3. The summed E-state index contributed by atoms with van der Waals surface area (Å²) in [6, 6.07) is 9.14. The topological polar surface area (TPSA) is 158 Å². The molecule has 1 aromatic heterocycles. The normalized spacial score (nSPS) is 20.5. The largest absolute Gasteiger partial charge is 0.394 e. The molecule has 0 radical (unpaired) electrons. The molecule has 6 N–H and O–H groups in total. The molecular weight excluding hydrogens is 599 g/mol. The summed E-state index contributed by atoms with van der Waals surface area (Å²) in [7, 11) is 1.29. The highest BCUT2D eigenvalue weighted by molar-refractivity contribution is 7.10. The van der Waals surface area contributed by atoms with Crippen LogP contribution < -0.4 is 16.4 Å². The Bertz CT molecular complexity index is 1630. The zero-order valence-electron chi connectivity index (χ0n) is 23.5. The van der Waals surface area contributed by atoms with Crippen LogP contribution >= 0.6 is 11.3 Å². The summed E-state index contributed by atoms with van der Waals surface area (Å²) in [5.74, 6) is -5.58. The number of aliphatic hydroxyl groups is 1. The number of aliphatic hydroxyl groups excluding tert-OH is 1. The third-order valence-electron chi connectivity index (χ3n) is 7.76. The molecular formula is C30H30F3N5O5S. The smallest absolute Gasteiger partial charge is 0.299 e. The van der Waals surface area contributed by atoms with Crippen molar-refractivity contribution in [3.05, 3.63) is 81.0 Å². The Hall–Kier alpha value is -4.27. The number of fused-ring (bicyclic) bond motifs is 3. The van der Waals surface area contributed by atoms with Gasteiger partial charge in [0.15, 0.2) is 5.67 Å². The molecule has 1 aliphatic heterocycles. The van der Waals surface area contributed by atoms with Gasteiger partial charge in [0, 0.05) is 46.0 Å². The van der Waals surface area contributed by atoms with E-state index in [4.69, 9.17) is 15.9 Å². The molecule has 2 aromatic carbocycles. The quantitative estimate of drug-likeness (QED) is 0.171. The fraction of sp³-hybridized carbons (Fsp3) is 0.333. The standard InChI is InChI=1S/C30H30F3N5O5S/c1-43-15-29(31)10-23(28(42)37-22(12-39)24-9-17(13-44-24)26(34)35)38(14-29)25(40)11-36-27(41)16-6-7-21-19(8-16)18-4-2-3-5-20(18)30(21,32)33/h2-9,13,22-23,39H,10-12,14-15H2,1H3,(H3,34,35)(H,36,41)(H,37,42)/t22-,23+,29-/m1/s1. The first-order chi connectivity index (χ1) is 20.9. The Balaban J connectivity index is 1.29. The summed E-state index contributed by atoms with van der Waals surface area (Å²) in [6.07, 6.45) is -0.383. The van der Waals surface area contributed by atoms with E-state index in [1.165, 1.54) is 37.4 Å². The molecule has 1 saturated heterocycles. The molecule has 0 saturated carbocycles. The first-order valence-corrected chi connectivity index (χ1v) is 14.5. The number of nitrogens with two attached hydrogens (primary N) is 1. The number of hydrogen-bond donors (Lipinski definition) is 5. The number of amides is 3. The maximum Gasteiger partial charge on any atom is 0.299 e. The van der Waals surface area contributed by atoms with Crippen LogP contribution in [0.15, 0.2) is 53.9 Å². The third-order valence-corrected chi connectivity index (χ3v) is 8.81. The van der Waals surface area contributed by atoms with Crippen molar-refractivity contribution in [3.63, 3.8) is 0 Å². The number of nitrogens with one attached hydrogen (secondary N) is 3. The number of methoxy groups -OCH3 is 1. The lowest BCUT2D eigenvalue weighted by Gasteiger charge is -2.25. The number of carbonyl (C=O) groups excluding carboxylic acids is 3. The number of alkyl halides is 3. The maximum absolute atomic E-state index is 15.6. The lowest BCUT2D eigenvalue weighted by molar-refractivity contribution is -0.138. The second-order valence-corrected chi connectivity index (χ2v) is 11.7. The zero-order valence-corrected chi connectivity index (χ0v) is 24.3. The van der Waals surface area contributed by atoms with Gasteiger partial charge in [-0.3, -0.25) is 19.8 Å². The first kappa shape index (κ1) is 31.2. The third kappa shape index (κ3) is 5.79. The molecule has 232 valence electrons.